The topological polar surface area (TPSA) is 134 Å². The number of carbonyl (C=O) groups is 2. The number of para-hydroxylation sites is 1. The third-order valence-corrected chi connectivity index (χ3v) is 5.17. The first-order valence-electron chi connectivity index (χ1n) is 9.58. The quantitative estimate of drug-likeness (QED) is 0.348. The molecule has 4 rings (SSSR count). The number of fused-ring (bicyclic) bond motifs is 1. The van der Waals surface area contributed by atoms with Crippen LogP contribution in [0.3, 0.4) is 0 Å². The van der Waals surface area contributed by atoms with Gasteiger partial charge >= 0.3 is 5.69 Å². The minimum Gasteiger partial charge on any atom is -0.503 e. The number of aromatic hydroxyl groups is 1. The van der Waals surface area contributed by atoms with Crippen LogP contribution in [0.2, 0.25) is 0 Å². The third-order valence-electron chi connectivity index (χ3n) is 5.17. The first-order chi connectivity index (χ1) is 14.8. The number of nitro benzene ring substituents is 1. The SMILES string of the molecule is CCCN1C(=O)C(O)=C(C(=O)c2cc3ccccc3o2)C1c1ccc(O)c([N+](=O)[O-])c1. The predicted octanol–water partition coefficient (Wildman–Crippen LogP) is 4.03. The van der Waals surface area contributed by atoms with E-state index in [-0.39, 0.29) is 23.4 Å². The number of aliphatic hydroxyl groups is 1. The fourth-order valence-corrected chi connectivity index (χ4v) is 3.79. The van der Waals surface area contributed by atoms with Crippen molar-refractivity contribution in [2.24, 2.45) is 0 Å². The zero-order chi connectivity index (χ0) is 22.3. The Morgan fingerprint density at radius 1 is 1.19 bits per heavy atom. The summed E-state index contributed by atoms with van der Waals surface area (Å²) in [7, 11) is 0. The van der Waals surface area contributed by atoms with Crippen LogP contribution in [0.15, 0.2) is 64.3 Å². The standard InChI is InChI=1S/C22H18N2O7/c1-2-9-23-19(13-7-8-15(25)14(10-13)24(29)30)18(21(27)22(23)28)20(26)17-11-12-5-3-4-6-16(12)31-17/h3-8,10-11,19,25,27H,2,9H2,1H3. The van der Waals surface area contributed by atoms with E-state index in [0.29, 0.717) is 17.4 Å². The first kappa shape index (κ1) is 20.1. The molecule has 0 spiro atoms. The average molecular weight is 422 g/mol. The molecule has 1 unspecified atom stereocenters. The summed E-state index contributed by atoms with van der Waals surface area (Å²) in [6.07, 6.45) is 0.530. The average Bonchev–Trinajstić information content (AvgIpc) is 3.29. The van der Waals surface area contributed by atoms with Crippen molar-refractivity contribution in [3.8, 4) is 5.75 Å². The summed E-state index contributed by atoms with van der Waals surface area (Å²) < 4.78 is 5.61. The van der Waals surface area contributed by atoms with Crippen molar-refractivity contribution in [3.05, 3.63) is 81.3 Å². The van der Waals surface area contributed by atoms with Crippen LogP contribution in [0.1, 0.15) is 35.5 Å². The summed E-state index contributed by atoms with van der Waals surface area (Å²) in [6.45, 7) is 2.03. The molecule has 9 nitrogen and oxygen atoms in total. The van der Waals surface area contributed by atoms with E-state index in [1.54, 1.807) is 24.3 Å². The minimum atomic E-state index is -1.06. The van der Waals surface area contributed by atoms with E-state index in [4.69, 9.17) is 4.42 Å². The van der Waals surface area contributed by atoms with Gasteiger partial charge in [0.2, 0.25) is 5.78 Å². The molecule has 0 fully saturated rings. The summed E-state index contributed by atoms with van der Waals surface area (Å²) in [5, 5.41) is 32.3. The van der Waals surface area contributed by atoms with Gasteiger partial charge in [-0.25, -0.2) is 0 Å². The van der Waals surface area contributed by atoms with Crippen LogP contribution in [-0.4, -0.2) is 38.3 Å². The molecule has 0 radical (unpaired) electrons. The van der Waals surface area contributed by atoms with E-state index in [2.05, 4.69) is 0 Å². The second-order valence-corrected chi connectivity index (χ2v) is 7.15. The van der Waals surface area contributed by atoms with Crippen LogP contribution in [0.5, 0.6) is 5.75 Å². The number of rotatable bonds is 6. The molecule has 1 aliphatic heterocycles. The maximum atomic E-state index is 13.3. The number of phenols is 1. The number of nitrogens with zero attached hydrogens (tertiary/aromatic N) is 2. The van der Waals surface area contributed by atoms with Gasteiger partial charge in [-0.15, -0.1) is 0 Å². The Morgan fingerprint density at radius 2 is 1.94 bits per heavy atom. The maximum absolute atomic E-state index is 13.3. The molecule has 2 N–H and O–H groups in total. The number of nitro groups is 1. The molecule has 3 aromatic rings. The van der Waals surface area contributed by atoms with Crippen molar-refractivity contribution < 1.29 is 29.1 Å². The molecule has 1 amide bonds. The lowest BCUT2D eigenvalue weighted by atomic mass is 9.94. The molecule has 9 heteroatoms. The number of Topliss-reactive ketones (excluding diaryl/α,β-unsaturated/α-hetero) is 1. The second kappa shape index (κ2) is 7.60. The van der Waals surface area contributed by atoms with Crippen molar-refractivity contribution in [3.63, 3.8) is 0 Å². The largest absolute Gasteiger partial charge is 0.503 e. The molecule has 0 saturated heterocycles. The van der Waals surface area contributed by atoms with Gasteiger partial charge in [-0.05, 0) is 30.2 Å². The number of ketones is 1. The van der Waals surface area contributed by atoms with Crippen molar-refractivity contribution in [2.75, 3.05) is 6.54 Å². The predicted molar refractivity (Wildman–Crippen MR) is 110 cm³/mol. The molecule has 0 saturated carbocycles. The van der Waals surface area contributed by atoms with Gasteiger partial charge < -0.3 is 19.5 Å². The Labute approximate surface area is 176 Å². The number of phenolic OH excluding ortho intramolecular Hbond substituents is 1. The Bertz CT molecular complexity index is 1220. The smallest absolute Gasteiger partial charge is 0.311 e. The lowest BCUT2D eigenvalue weighted by molar-refractivity contribution is -0.385. The van der Waals surface area contributed by atoms with E-state index < -0.39 is 39.9 Å². The lowest BCUT2D eigenvalue weighted by Gasteiger charge is -2.26. The van der Waals surface area contributed by atoms with Gasteiger partial charge in [0, 0.05) is 18.0 Å². The van der Waals surface area contributed by atoms with Gasteiger partial charge in [0.15, 0.2) is 17.3 Å². The molecule has 2 heterocycles. The zero-order valence-electron chi connectivity index (χ0n) is 16.4. The van der Waals surface area contributed by atoms with Gasteiger partial charge in [-0.3, -0.25) is 19.7 Å². The molecule has 1 aromatic heterocycles. The van der Waals surface area contributed by atoms with Crippen molar-refractivity contribution in [2.45, 2.75) is 19.4 Å². The van der Waals surface area contributed by atoms with Gasteiger partial charge in [-0.2, -0.15) is 0 Å². The van der Waals surface area contributed by atoms with Crippen LogP contribution >= 0.6 is 0 Å². The fourth-order valence-electron chi connectivity index (χ4n) is 3.79. The molecule has 158 valence electrons. The van der Waals surface area contributed by atoms with E-state index in [9.17, 15) is 29.9 Å². The highest BCUT2D eigenvalue weighted by molar-refractivity contribution is 6.16. The monoisotopic (exact) mass is 422 g/mol. The molecule has 0 bridgehead atoms. The summed E-state index contributed by atoms with van der Waals surface area (Å²) >= 11 is 0. The van der Waals surface area contributed by atoms with Crippen LogP contribution in [0.4, 0.5) is 5.69 Å². The highest BCUT2D eigenvalue weighted by atomic mass is 16.6. The first-order valence-corrected chi connectivity index (χ1v) is 9.58. The van der Waals surface area contributed by atoms with Gasteiger partial charge in [-0.1, -0.05) is 31.2 Å². The number of furan rings is 1. The van der Waals surface area contributed by atoms with Gasteiger partial charge in [0.25, 0.3) is 5.91 Å². The number of aliphatic hydroxyl groups excluding tert-OH is 1. The van der Waals surface area contributed by atoms with Crippen LogP contribution < -0.4 is 0 Å². The van der Waals surface area contributed by atoms with Crippen LogP contribution in [0, 0.1) is 10.1 Å². The highest BCUT2D eigenvalue weighted by Crippen LogP contribution is 2.41. The Morgan fingerprint density at radius 3 is 2.61 bits per heavy atom. The number of carbonyl (C=O) groups excluding carboxylic acids is 2. The molecular formula is C22H18N2O7. The zero-order valence-corrected chi connectivity index (χ0v) is 16.4. The van der Waals surface area contributed by atoms with E-state index >= 15 is 0 Å². The Hall–Kier alpha value is -4.14. The summed E-state index contributed by atoms with van der Waals surface area (Å²) in [5.41, 5.74) is -0.104. The summed E-state index contributed by atoms with van der Waals surface area (Å²) in [4.78, 5) is 37.9. The lowest BCUT2D eigenvalue weighted by Crippen LogP contribution is -2.31. The van der Waals surface area contributed by atoms with Crippen molar-refractivity contribution in [1.29, 1.82) is 0 Å². The Kier molecular flexibility index (Phi) is 4.94. The molecule has 0 aliphatic carbocycles. The molecule has 1 aliphatic rings. The molecule has 1 atom stereocenters. The normalized spacial score (nSPS) is 16.4. The van der Waals surface area contributed by atoms with Crippen LogP contribution in [-0.2, 0) is 4.79 Å². The van der Waals surface area contributed by atoms with Crippen LogP contribution in [0.25, 0.3) is 11.0 Å². The van der Waals surface area contributed by atoms with Crippen molar-refractivity contribution in [1.82, 2.24) is 4.90 Å². The molecule has 31 heavy (non-hydrogen) atoms. The van der Waals surface area contributed by atoms with E-state index in [1.165, 1.54) is 17.0 Å². The van der Waals surface area contributed by atoms with Gasteiger partial charge in [0.05, 0.1) is 16.5 Å². The van der Waals surface area contributed by atoms with E-state index in [1.807, 2.05) is 6.92 Å². The van der Waals surface area contributed by atoms with E-state index in [0.717, 1.165) is 12.1 Å². The third kappa shape index (κ3) is 3.29. The molecular weight excluding hydrogens is 404 g/mol. The maximum Gasteiger partial charge on any atom is 0.311 e. The summed E-state index contributed by atoms with van der Waals surface area (Å²) in [5.74, 6) is -2.77. The highest BCUT2D eigenvalue weighted by Gasteiger charge is 2.44. The number of hydrogen-bond acceptors (Lipinski definition) is 7. The number of hydrogen-bond donors (Lipinski definition) is 2. The number of benzene rings is 2. The second-order valence-electron chi connectivity index (χ2n) is 7.15. The molecule has 2 aromatic carbocycles. The minimum absolute atomic E-state index is 0.0628. The van der Waals surface area contributed by atoms with Crippen molar-refractivity contribution >= 4 is 28.3 Å². The fraction of sp³-hybridized carbons (Fsp3) is 0.182. The number of amides is 1. The summed E-state index contributed by atoms with van der Waals surface area (Å²) in [6, 6.07) is 11.0. The Balaban J connectivity index is 1.85. The van der Waals surface area contributed by atoms with Gasteiger partial charge in [0.1, 0.15) is 5.58 Å².